The predicted octanol–water partition coefficient (Wildman–Crippen LogP) is 3.92. The Kier molecular flexibility index (Phi) is 7.66. The Hall–Kier alpha value is -2.38. The molecule has 7 heteroatoms. The highest BCUT2D eigenvalue weighted by molar-refractivity contribution is 7.09. The summed E-state index contributed by atoms with van der Waals surface area (Å²) in [6.07, 6.45) is 2.20. The maximum atomic E-state index is 12.5. The Morgan fingerprint density at radius 1 is 1.17 bits per heavy atom. The minimum absolute atomic E-state index is 0.0539. The lowest BCUT2D eigenvalue weighted by atomic mass is 9.96. The molecule has 1 aromatic heterocycles. The number of hydrogen-bond acceptors (Lipinski definition) is 4. The number of rotatable bonds is 7. The fourth-order valence-electron chi connectivity index (χ4n) is 3.48. The molecule has 29 heavy (non-hydrogen) atoms. The SMILES string of the molecule is CC(C)NC(=O)Nc1cccc(C(=O)NCC2CCN(Cc3cccs3)CC2)c1. The number of carbonyl (C=O) groups is 2. The van der Waals surface area contributed by atoms with Crippen LogP contribution >= 0.6 is 11.3 Å². The first-order chi connectivity index (χ1) is 14.0. The molecular weight excluding hydrogens is 384 g/mol. The zero-order valence-corrected chi connectivity index (χ0v) is 17.9. The van der Waals surface area contributed by atoms with Gasteiger partial charge >= 0.3 is 6.03 Å². The van der Waals surface area contributed by atoms with Crippen molar-refractivity contribution in [1.82, 2.24) is 15.5 Å². The normalized spacial score (nSPS) is 15.3. The molecule has 2 heterocycles. The number of likely N-dealkylation sites (tertiary alicyclic amines) is 1. The van der Waals surface area contributed by atoms with E-state index in [9.17, 15) is 9.59 Å². The molecular formula is C22H30N4O2S. The number of hydrogen-bond donors (Lipinski definition) is 3. The summed E-state index contributed by atoms with van der Waals surface area (Å²) < 4.78 is 0. The molecule has 1 aliphatic heterocycles. The number of amides is 3. The lowest BCUT2D eigenvalue weighted by Crippen LogP contribution is -2.38. The summed E-state index contributed by atoms with van der Waals surface area (Å²) in [6, 6.07) is 11.1. The zero-order chi connectivity index (χ0) is 20.6. The third-order valence-electron chi connectivity index (χ3n) is 5.02. The van der Waals surface area contributed by atoms with Crippen LogP contribution in [0.15, 0.2) is 41.8 Å². The quantitative estimate of drug-likeness (QED) is 0.643. The molecule has 6 nitrogen and oxygen atoms in total. The molecule has 0 unspecified atom stereocenters. The van der Waals surface area contributed by atoms with Crippen molar-refractivity contribution in [2.24, 2.45) is 5.92 Å². The van der Waals surface area contributed by atoms with Crippen LogP contribution in [0.2, 0.25) is 0 Å². The van der Waals surface area contributed by atoms with Crippen LogP contribution in [0.1, 0.15) is 41.9 Å². The van der Waals surface area contributed by atoms with Crippen LogP contribution in [0.5, 0.6) is 0 Å². The number of nitrogens with one attached hydrogen (secondary N) is 3. The molecule has 0 bridgehead atoms. The van der Waals surface area contributed by atoms with Gasteiger partial charge in [-0.05, 0) is 75.3 Å². The molecule has 3 amide bonds. The van der Waals surface area contributed by atoms with Crippen LogP contribution in [-0.2, 0) is 6.54 Å². The number of urea groups is 1. The van der Waals surface area contributed by atoms with E-state index in [0.29, 0.717) is 23.7 Å². The fraction of sp³-hybridized carbons (Fsp3) is 0.455. The van der Waals surface area contributed by atoms with Gasteiger partial charge in [0.1, 0.15) is 0 Å². The molecule has 3 rings (SSSR count). The highest BCUT2D eigenvalue weighted by Gasteiger charge is 2.20. The van der Waals surface area contributed by atoms with Gasteiger partial charge in [-0.1, -0.05) is 12.1 Å². The van der Waals surface area contributed by atoms with Crippen molar-refractivity contribution in [3.63, 3.8) is 0 Å². The first-order valence-electron chi connectivity index (χ1n) is 10.2. The second-order valence-corrected chi connectivity index (χ2v) is 8.88. The van der Waals surface area contributed by atoms with Crippen molar-refractivity contribution in [3.05, 3.63) is 52.2 Å². The number of benzene rings is 1. The third kappa shape index (κ3) is 6.87. The fourth-order valence-corrected chi connectivity index (χ4v) is 4.22. The van der Waals surface area contributed by atoms with Crippen LogP contribution in [0.4, 0.5) is 10.5 Å². The average molecular weight is 415 g/mol. The van der Waals surface area contributed by atoms with Crippen molar-refractivity contribution in [2.45, 2.75) is 39.3 Å². The van der Waals surface area contributed by atoms with Crippen LogP contribution in [-0.4, -0.2) is 42.5 Å². The van der Waals surface area contributed by atoms with E-state index in [-0.39, 0.29) is 18.0 Å². The summed E-state index contributed by atoms with van der Waals surface area (Å²) >= 11 is 1.81. The molecule has 1 fully saturated rings. The van der Waals surface area contributed by atoms with Gasteiger partial charge in [0.15, 0.2) is 0 Å². The lowest BCUT2D eigenvalue weighted by Gasteiger charge is -2.31. The smallest absolute Gasteiger partial charge is 0.319 e. The minimum atomic E-state index is -0.271. The number of piperidine rings is 1. The highest BCUT2D eigenvalue weighted by atomic mass is 32.1. The van der Waals surface area contributed by atoms with Gasteiger partial charge in [0.2, 0.25) is 0 Å². The van der Waals surface area contributed by atoms with E-state index in [1.807, 2.05) is 25.2 Å². The maximum absolute atomic E-state index is 12.5. The topological polar surface area (TPSA) is 73.5 Å². The van der Waals surface area contributed by atoms with E-state index < -0.39 is 0 Å². The lowest BCUT2D eigenvalue weighted by molar-refractivity contribution is 0.0935. The third-order valence-corrected chi connectivity index (χ3v) is 5.88. The van der Waals surface area contributed by atoms with Crippen LogP contribution in [0, 0.1) is 5.92 Å². The van der Waals surface area contributed by atoms with Gasteiger partial charge in [0.25, 0.3) is 5.91 Å². The van der Waals surface area contributed by atoms with Gasteiger partial charge in [-0.3, -0.25) is 9.69 Å². The van der Waals surface area contributed by atoms with Crippen molar-refractivity contribution in [1.29, 1.82) is 0 Å². The van der Waals surface area contributed by atoms with Crippen LogP contribution in [0.3, 0.4) is 0 Å². The molecule has 1 aliphatic rings. The highest BCUT2D eigenvalue weighted by Crippen LogP contribution is 2.20. The first kappa shape index (κ1) is 21.3. The van der Waals surface area contributed by atoms with Gasteiger partial charge < -0.3 is 16.0 Å². The van der Waals surface area contributed by atoms with Gasteiger partial charge in [-0.25, -0.2) is 4.79 Å². The molecule has 0 aliphatic carbocycles. The monoisotopic (exact) mass is 414 g/mol. The average Bonchev–Trinajstić information content (AvgIpc) is 3.20. The van der Waals surface area contributed by atoms with E-state index in [2.05, 4.69) is 38.4 Å². The van der Waals surface area contributed by atoms with E-state index in [1.165, 1.54) is 4.88 Å². The molecule has 0 spiro atoms. The molecule has 0 atom stereocenters. The molecule has 2 aromatic rings. The van der Waals surface area contributed by atoms with Gasteiger partial charge in [-0.2, -0.15) is 0 Å². The van der Waals surface area contributed by atoms with Crippen molar-refractivity contribution >= 4 is 29.0 Å². The van der Waals surface area contributed by atoms with Crippen molar-refractivity contribution < 1.29 is 9.59 Å². The number of thiophene rings is 1. The van der Waals surface area contributed by atoms with E-state index in [4.69, 9.17) is 0 Å². The molecule has 3 N–H and O–H groups in total. The van der Waals surface area contributed by atoms with E-state index in [1.54, 1.807) is 24.3 Å². The van der Waals surface area contributed by atoms with Gasteiger partial charge in [0, 0.05) is 35.3 Å². The summed E-state index contributed by atoms with van der Waals surface area (Å²) in [5, 5.41) is 10.7. The largest absolute Gasteiger partial charge is 0.352 e. The maximum Gasteiger partial charge on any atom is 0.319 e. The predicted molar refractivity (Wildman–Crippen MR) is 118 cm³/mol. The molecule has 0 saturated carbocycles. The second kappa shape index (κ2) is 10.4. The standard InChI is InChI=1S/C22H30N4O2S/c1-16(2)24-22(28)25-19-6-3-5-18(13-19)21(27)23-14-17-8-10-26(11-9-17)15-20-7-4-12-29-20/h3-7,12-13,16-17H,8-11,14-15H2,1-2H3,(H,23,27)(H2,24,25,28). The van der Waals surface area contributed by atoms with Crippen LogP contribution < -0.4 is 16.0 Å². The van der Waals surface area contributed by atoms with Crippen LogP contribution in [0.25, 0.3) is 0 Å². The number of nitrogens with zero attached hydrogens (tertiary/aromatic N) is 1. The Morgan fingerprint density at radius 2 is 1.97 bits per heavy atom. The van der Waals surface area contributed by atoms with Crippen molar-refractivity contribution in [2.75, 3.05) is 25.0 Å². The first-order valence-corrected chi connectivity index (χ1v) is 11.1. The van der Waals surface area contributed by atoms with Gasteiger partial charge in [0.05, 0.1) is 0 Å². The number of anilines is 1. The molecule has 156 valence electrons. The Labute approximate surface area is 176 Å². The Balaban J connectivity index is 1.42. The summed E-state index contributed by atoms with van der Waals surface area (Å²) in [6.45, 7) is 7.66. The molecule has 0 radical (unpaired) electrons. The summed E-state index contributed by atoms with van der Waals surface area (Å²) in [5.74, 6) is 0.413. The summed E-state index contributed by atoms with van der Waals surface area (Å²) in [5.41, 5.74) is 1.17. The number of carbonyl (C=O) groups excluding carboxylic acids is 2. The minimum Gasteiger partial charge on any atom is -0.352 e. The van der Waals surface area contributed by atoms with Crippen molar-refractivity contribution in [3.8, 4) is 0 Å². The van der Waals surface area contributed by atoms with E-state index in [0.717, 1.165) is 32.5 Å². The summed E-state index contributed by atoms with van der Waals surface area (Å²) in [7, 11) is 0. The van der Waals surface area contributed by atoms with Gasteiger partial charge in [-0.15, -0.1) is 11.3 Å². The molecule has 1 saturated heterocycles. The molecule has 1 aromatic carbocycles. The Morgan fingerprint density at radius 3 is 2.66 bits per heavy atom. The Bertz CT molecular complexity index is 799. The zero-order valence-electron chi connectivity index (χ0n) is 17.1. The summed E-state index contributed by atoms with van der Waals surface area (Å²) in [4.78, 5) is 28.3. The van der Waals surface area contributed by atoms with E-state index >= 15 is 0 Å². The second-order valence-electron chi connectivity index (χ2n) is 7.84.